The van der Waals surface area contributed by atoms with E-state index in [0.717, 1.165) is 41.3 Å². The second kappa shape index (κ2) is 6.02. The summed E-state index contributed by atoms with van der Waals surface area (Å²) in [5.41, 5.74) is 1.58. The lowest BCUT2D eigenvalue weighted by molar-refractivity contribution is -0.122. The summed E-state index contributed by atoms with van der Waals surface area (Å²) in [6, 6.07) is 12.7. The van der Waals surface area contributed by atoms with Crippen LogP contribution in [-0.4, -0.2) is 28.0 Å². The summed E-state index contributed by atoms with van der Waals surface area (Å²) in [6.45, 7) is 4.00. The molecule has 6 heteroatoms. The van der Waals surface area contributed by atoms with E-state index in [0.29, 0.717) is 6.04 Å². The molecule has 5 nitrogen and oxygen atoms in total. The molecule has 1 N–H and O–H groups in total. The first-order chi connectivity index (χ1) is 13.0. The molecule has 27 heavy (non-hydrogen) atoms. The van der Waals surface area contributed by atoms with E-state index in [-0.39, 0.29) is 11.9 Å². The predicted octanol–water partition coefficient (Wildman–Crippen LogP) is 4.35. The van der Waals surface area contributed by atoms with Gasteiger partial charge in [-0.1, -0.05) is 29.5 Å². The molecule has 1 amide bonds. The fraction of sp³-hybridized carbons (Fsp3) is 0.381. The van der Waals surface area contributed by atoms with Crippen molar-refractivity contribution in [3.05, 3.63) is 48.2 Å². The molecule has 5 rings (SSSR count). The molecule has 1 aliphatic heterocycles. The Balaban J connectivity index is 1.36. The van der Waals surface area contributed by atoms with Gasteiger partial charge in [0.15, 0.2) is 5.13 Å². The van der Waals surface area contributed by atoms with Gasteiger partial charge < -0.3 is 5.32 Å². The number of nitrogens with one attached hydrogen (secondary N) is 1. The number of aromatic nitrogens is 2. The normalized spacial score (nSPS) is 23.8. The van der Waals surface area contributed by atoms with Crippen LogP contribution in [0.1, 0.15) is 38.7 Å². The zero-order chi connectivity index (χ0) is 18.6. The number of carbonyl (C=O) groups is 1. The number of carbonyl (C=O) groups excluding carboxylic acids is 1. The van der Waals surface area contributed by atoms with Crippen LogP contribution >= 0.6 is 11.3 Å². The molecule has 1 aliphatic carbocycles. The maximum absolute atomic E-state index is 13.1. The second-order valence-corrected chi connectivity index (χ2v) is 9.00. The monoisotopic (exact) mass is 378 g/mol. The fourth-order valence-corrected chi connectivity index (χ4v) is 5.30. The van der Waals surface area contributed by atoms with Gasteiger partial charge in [0.05, 0.1) is 15.6 Å². The lowest BCUT2D eigenvalue weighted by Gasteiger charge is -2.26. The van der Waals surface area contributed by atoms with Crippen LogP contribution < -0.4 is 10.2 Å². The summed E-state index contributed by atoms with van der Waals surface area (Å²) in [5.74, 6) is 1.01. The van der Waals surface area contributed by atoms with Crippen molar-refractivity contribution < 1.29 is 4.79 Å². The number of amides is 1. The number of hydrogen-bond donors (Lipinski definition) is 1. The highest BCUT2D eigenvalue weighted by Crippen LogP contribution is 2.43. The number of rotatable bonds is 3. The van der Waals surface area contributed by atoms with E-state index >= 15 is 0 Å². The van der Waals surface area contributed by atoms with Crippen LogP contribution in [0.15, 0.2) is 42.6 Å². The number of pyridine rings is 1. The number of anilines is 2. The largest absolute Gasteiger partial charge is 0.359 e. The van der Waals surface area contributed by atoms with E-state index in [1.807, 2.05) is 49.1 Å². The molecule has 0 radical (unpaired) electrons. The summed E-state index contributed by atoms with van der Waals surface area (Å²) in [5, 5.41) is 4.56. The Morgan fingerprint density at radius 3 is 2.89 bits per heavy atom. The molecule has 1 aromatic carbocycles. The Hall–Kier alpha value is -2.47. The highest BCUT2D eigenvalue weighted by molar-refractivity contribution is 7.22. The topological polar surface area (TPSA) is 58.1 Å². The molecule has 3 aromatic rings. The van der Waals surface area contributed by atoms with E-state index in [2.05, 4.69) is 21.4 Å². The third kappa shape index (κ3) is 2.62. The van der Waals surface area contributed by atoms with Gasteiger partial charge in [0, 0.05) is 23.8 Å². The van der Waals surface area contributed by atoms with Gasteiger partial charge >= 0.3 is 0 Å². The number of para-hydroxylation sites is 1. The van der Waals surface area contributed by atoms with Crippen molar-refractivity contribution in [1.29, 1.82) is 0 Å². The molecule has 2 atom stereocenters. The van der Waals surface area contributed by atoms with Gasteiger partial charge in [0.1, 0.15) is 5.82 Å². The van der Waals surface area contributed by atoms with Crippen LogP contribution in [-0.2, 0) is 10.2 Å². The SMILES string of the molecule is CC1(C)C(=O)N(C2CCC(Nc3nc4ccccc4s3)C2)c2ncccc21. The quantitative estimate of drug-likeness (QED) is 0.736. The first-order valence-corrected chi connectivity index (χ1v) is 10.3. The number of fused-ring (bicyclic) bond motifs is 2. The molecular weight excluding hydrogens is 356 g/mol. The highest BCUT2D eigenvalue weighted by atomic mass is 32.1. The Labute approximate surface area is 162 Å². The standard InChI is InChI=1S/C21H22N4OS/c1-21(2)15-6-5-11-22-18(15)25(19(21)26)14-10-9-13(12-14)23-20-24-16-7-3-4-8-17(16)27-20/h3-8,11,13-14H,9-10,12H2,1-2H3,(H,23,24). The van der Waals surface area contributed by atoms with Crippen LogP contribution in [0.5, 0.6) is 0 Å². The average molecular weight is 379 g/mol. The van der Waals surface area contributed by atoms with Gasteiger partial charge in [-0.05, 0) is 51.3 Å². The van der Waals surface area contributed by atoms with Gasteiger partial charge in [0.25, 0.3) is 0 Å². The van der Waals surface area contributed by atoms with E-state index in [1.165, 1.54) is 4.70 Å². The van der Waals surface area contributed by atoms with Crippen molar-refractivity contribution in [3.8, 4) is 0 Å². The van der Waals surface area contributed by atoms with Crippen LogP contribution in [0.2, 0.25) is 0 Å². The number of thiazole rings is 1. The first-order valence-electron chi connectivity index (χ1n) is 9.45. The molecule has 0 saturated heterocycles. The van der Waals surface area contributed by atoms with Crippen molar-refractivity contribution in [3.63, 3.8) is 0 Å². The summed E-state index contributed by atoms with van der Waals surface area (Å²) >= 11 is 1.69. The molecule has 2 aliphatic rings. The van der Waals surface area contributed by atoms with Gasteiger partial charge in [-0.25, -0.2) is 9.97 Å². The van der Waals surface area contributed by atoms with Gasteiger partial charge in [-0.2, -0.15) is 0 Å². The smallest absolute Gasteiger partial charge is 0.238 e. The summed E-state index contributed by atoms with van der Waals surface area (Å²) in [4.78, 5) is 24.3. The second-order valence-electron chi connectivity index (χ2n) is 7.97. The summed E-state index contributed by atoms with van der Waals surface area (Å²) in [7, 11) is 0. The van der Waals surface area contributed by atoms with Crippen molar-refractivity contribution in [2.75, 3.05) is 10.2 Å². The number of nitrogens with zero attached hydrogens (tertiary/aromatic N) is 3. The molecule has 138 valence electrons. The van der Waals surface area contributed by atoms with E-state index in [1.54, 1.807) is 17.5 Å². The van der Waals surface area contributed by atoms with Crippen LogP contribution in [0, 0.1) is 0 Å². The van der Waals surface area contributed by atoms with Gasteiger partial charge in [0.2, 0.25) is 5.91 Å². The zero-order valence-electron chi connectivity index (χ0n) is 15.5. The third-order valence-electron chi connectivity index (χ3n) is 5.83. The minimum absolute atomic E-state index is 0.168. The van der Waals surface area contributed by atoms with Crippen LogP contribution in [0.25, 0.3) is 10.2 Å². The molecule has 1 saturated carbocycles. The minimum atomic E-state index is -0.498. The maximum atomic E-state index is 13.1. The maximum Gasteiger partial charge on any atom is 0.238 e. The van der Waals surface area contributed by atoms with E-state index < -0.39 is 5.41 Å². The fourth-order valence-electron chi connectivity index (χ4n) is 4.36. The lowest BCUT2D eigenvalue weighted by Crippen LogP contribution is -2.42. The van der Waals surface area contributed by atoms with E-state index in [9.17, 15) is 4.79 Å². The van der Waals surface area contributed by atoms with E-state index in [4.69, 9.17) is 0 Å². The van der Waals surface area contributed by atoms with Gasteiger partial charge in [-0.3, -0.25) is 9.69 Å². The first kappa shape index (κ1) is 16.7. The lowest BCUT2D eigenvalue weighted by atomic mass is 9.87. The van der Waals surface area contributed by atoms with Crippen molar-refractivity contribution >= 4 is 38.4 Å². The van der Waals surface area contributed by atoms with Crippen LogP contribution in [0.4, 0.5) is 10.9 Å². The summed E-state index contributed by atoms with van der Waals surface area (Å²) < 4.78 is 1.20. The Bertz CT molecular complexity index is 995. The zero-order valence-corrected chi connectivity index (χ0v) is 16.3. The number of benzene rings is 1. The molecule has 3 heterocycles. The Morgan fingerprint density at radius 2 is 2.04 bits per heavy atom. The Kier molecular flexibility index (Phi) is 3.72. The number of hydrogen-bond acceptors (Lipinski definition) is 5. The molecule has 1 fully saturated rings. The Morgan fingerprint density at radius 1 is 1.19 bits per heavy atom. The highest BCUT2D eigenvalue weighted by Gasteiger charge is 2.48. The minimum Gasteiger partial charge on any atom is -0.359 e. The van der Waals surface area contributed by atoms with Crippen molar-refractivity contribution in [2.45, 2.75) is 50.6 Å². The van der Waals surface area contributed by atoms with Crippen molar-refractivity contribution in [2.24, 2.45) is 0 Å². The molecule has 0 spiro atoms. The van der Waals surface area contributed by atoms with Crippen molar-refractivity contribution in [1.82, 2.24) is 9.97 Å². The molecule has 2 aromatic heterocycles. The van der Waals surface area contributed by atoms with Crippen LogP contribution in [0.3, 0.4) is 0 Å². The predicted molar refractivity (Wildman–Crippen MR) is 109 cm³/mol. The third-order valence-corrected chi connectivity index (χ3v) is 6.80. The molecular formula is C21H22N4OS. The summed E-state index contributed by atoms with van der Waals surface area (Å²) in [6.07, 6.45) is 4.73. The average Bonchev–Trinajstić information content (AvgIpc) is 3.32. The molecule has 0 bridgehead atoms. The molecule has 2 unspecified atom stereocenters. The van der Waals surface area contributed by atoms with Gasteiger partial charge in [-0.15, -0.1) is 0 Å².